The van der Waals surface area contributed by atoms with Gasteiger partial charge >= 0.3 is 0 Å². The second-order valence-corrected chi connectivity index (χ2v) is 12.4. The summed E-state index contributed by atoms with van der Waals surface area (Å²) in [6.45, 7) is 0.517. The maximum atomic E-state index is 12.6. The third-order valence-corrected chi connectivity index (χ3v) is 9.09. The SMILES string of the molecule is CN(C)S(=O)(=O)N1CCC(C(=O)Nc2ccc(S(=O)(=O)Nc3ccc(Cl)cc3Cl)cc2)CC1. The predicted molar refractivity (Wildman–Crippen MR) is 129 cm³/mol. The van der Waals surface area contributed by atoms with Crippen molar-refractivity contribution in [2.75, 3.05) is 37.2 Å². The fourth-order valence-corrected chi connectivity index (χ4v) is 6.04. The van der Waals surface area contributed by atoms with E-state index in [2.05, 4.69) is 10.0 Å². The van der Waals surface area contributed by atoms with E-state index in [-0.39, 0.29) is 40.5 Å². The molecule has 0 aromatic heterocycles. The van der Waals surface area contributed by atoms with E-state index in [9.17, 15) is 21.6 Å². The molecular weight excluding hydrogens is 511 g/mol. The number of anilines is 2. The molecular formula is C20H24Cl2N4O5S2. The van der Waals surface area contributed by atoms with Gasteiger partial charge in [0.2, 0.25) is 5.91 Å². The van der Waals surface area contributed by atoms with Crippen molar-refractivity contribution >= 4 is 60.7 Å². The van der Waals surface area contributed by atoms with E-state index in [4.69, 9.17) is 23.2 Å². The van der Waals surface area contributed by atoms with Crippen molar-refractivity contribution in [3.63, 3.8) is 0 Å². The number of nitrogens with zero attached hydrogens (tertiary/aromatic N) is 2. The molecule has 33 heavy (non-hydrogen) atoms. The molecule has 1 aliphatic heterocycles. The molecule has 0 radical (unpaired) electrons. The van der Waals surface area contributed by atoms with Crippen molar-refractivity contribution in [3.8, 4) is 0 Å². The van der Waals surface area contributed by atoms with Crippen LogP contribution in [0.2, 0.25) is 10.0 Å². The van der Waals surface area contributed by atoms with Crippen molar-refractivity contribution in [3.05, 3.63) is 52.5 Å². The molecule has 0 aliphatic carbocycles. The molecule has 2 aromatic carbocycles. The molecule has 0 bridgehead atoms. The molecule has 2 aromatic rings. The van der Waals surface area contributed by atoms with E-state index in [1.807, 2.05) is 0 Å². The molecule has 0 atom stereocenters. The van der Waals surface area contributed by atoms with Gasteiger partial charge in [0.15, 0.2) is 0 Å². The van der Waals surface area contributed by atoms with Crippen LogP contribution in [0.1, 0.15) is 12.8 Å². The van der Waals surface area contributed by atoms with Crippen LogP contribution in [-0.4, -0.2) is 58.5 Å². The quantitative estimate of drug-likeness (QED) is 0.565. The Bertz CT molecular complexity index is 1230. The summed E-state index contributed by atoms with van der Waals surface area (Å²) in [4.78, 5) is 12.6. The second kappa shape index (κ2) is 10.2. The van der Waals surface area contributed by atoms with Crippen LogP contribution in [0.4, 0.5) is 11.4 Å². The lowest BCUT2D eigenvalue weighted by molar-refractivity contribution is -0.120. The minimum Gasteiger partial charge on any atom is -0.326 e. The van der Waals surface area contributed by atoms with Crippen molar-refractivity contribution < 1.29 is 21.6 Å². The zero-order valence-corrected chi connectivity index (χ0v) is 21.1. The number of nitrogens with one attached hydrogen (secondary N) is 2. The summed E-state index contributed by atoms with van der Waals surface area (Å²) in [6.07, 6.45) is 0.800. The van der Waals surface area contributed by atoms with Crippen molar-refractivity contribution in [1.29, 1.82) is 0 Å². The molecule has 1 amide bonds. The first kappa shape index (κ1) is 25.7. The van der Waals surface area contributed by atoms with Gasteiger partial charge in [-0.3, -0.25) is 9.52 Å². The Morgan fingerprint density at radius 1 is 1.00 bits per heavy atom. The van der Waals surface area contributed by atoms with Crippen LogP contribution < -0.4 is 10.0 Å². The molecule has 1 saturated heterocycles. The first-order valence-corrected chi connectivity index (χ1v) is 13.6. The van der Waals surface area contributed by atoms with Crippen molar-refractivity contribution in [2.24, 2.45) is 5.92 Å². The molecule has 1 aliphatic rings. The molecule has 1 heterocycles. The number of hydrogen-bond donors (Lipinski definition) is 2. The summed E-state index contributed by atoms with van der Waals surface area (Å²) >= 11 is 11.9. The fourth-order valence-electron chi connectivity index (χ4n) is 3.32. The Hall–Kier alpha value is -1.89. The molecule has 0 spiro atoms. The van der Waals surface area contributed by atoms with Crippen LogP contribution in [0.3, 0.4) is 0 Å². The first-order chi connectivity index (χ1) is 15.4. The number of carbonyl (C=O) groups is 1. The largest absolute Gasteiger partial charge is 0.326 e. The molecule has 2 N–H and O–H groups in total. The lowest BCUT2D eigenvalue weighted by Gasteiger charge is -2.32. The molecule has 0 unspecified atom stereocenters. The molecule has 1 fully saturated rings. The van der Waals surface area contributed by atoms with Gasteiger partial charge < -0.3 is 5.32 Å². The average Bonchev–Trinajstić information content (AvgIpc) is 2.76. The normalized spacial score (nSPS) is 16.0. The number of rotatable bonds is 7. The predicted octanol–water partition coefficient (Wildman–Crippen LogP) is 3.25. The summed E-state index contributed by atoms with van der Waals surface area (Å²) in [5.74, 6) is -0.575. The van der Waals surface area contributed by atoms with E-state index < -0.39 is 20.2 Å². The third kappa shape index (κ3) is 6.17. The number of benzene rings is 2. The Morgan fingerprint density at radius 3 is 2.15 bits per heavy atom. The van der Waals surface area contributed by atoms with Gasteiger partial charge in [-0.2, -0.15) is 17.0 Å². The van der Waals surface area contributed by atoms with E-state index in [1.165, 1.54) is 60.9 Å². The van der Waals surface area contributed by atoms with Gasteiger partial charge in [-0.05, 0) is 55.3 Å². The lowest BCUT2D eigenvalue weighted by Crippen LogP contribution is -2.46. The summed E-state index contributed by atoms with van der Waals surface area (Å²) in [7, 11) is -4.46. The summed E-state index contributed by atoms with van der Waals surface area (Å²) in [6, 6.07) is 10.1. The van der Waals surface area contributed by atoms with E-state index >= 15 is 0 Å². The van der Waals surface area contributed by atoms with Crippen molar-refractivity contribution in [1.82, 2.24) is 8.61 Å². The lowest BCUT2D eigenvalue weighted by atomic mass is 9.97. The Balaban J connectivity index is 1.61. The van der Waals surface area contributed by atoms with E-state index in [1.54, 1.807) is 0 Å². The number of sulfonamides is 1. The van der Waals surface area contributed by atoms with Crippen LogP contribution in [0.25, 0.3) is 0 Å². The Kier molecular flexibility index (Phi) is 7.92. The Labute approximate surface area is 203 Å². The monoisotopic (exact) mass is 534 g/mol. The van der Waals surface area contributed by atoms with Crippen LogP contribution in [0.5, 0.6) is 0 Å². The van der Waals surface area contributed by atoms with Gasteiger partial charge in [-0.25, -0.2) is 8.42 Å². The smallest absolute Gasteiger partial charge is 0.281 e. The number of hydrogen-bond acceptors (Lipinski definition) is 5. The van der Waals surface area contributed by atoms with Crippen LogP contribution in [0, 0.1) is 5.92 Å². The van der Waals surface area contributed by atoms with Gasteiger partial charge in [0.05, 0.1) is 15.6 Å². The highest BCUT2D eigenvalue weighted by molar-refractivity contribution is 7.92. The highest BCUT2D eigenvalue weighted by Gasteiger charge is 2.32. The topological polar surface area (TPSA) is 116 Å². The van der Waals surface area contributed by atoms with Crippen LogP contribution in [-0.2, 0) is 25.0 Å². The van der Waals surface area contributed by atoms with Gasteiger partial charge in [-0.15, -0.1) is 0 Å². The summed E-state index contributed by atoms with van der Waals surface area (Å²) < 4.78 is 54.6. The molecule has 9 nitrogen and oxygen atoms in total. The fraction of sp³-hybridized carbons (Fsp3) is 0.350. The average molecular weight is 535 g/mol. The van der Waals surface area contributed by atoms with E-state index in [0.29, 0.717) is 23.6 Å². The van der Waals surface area contributed by atoms with Gasteiger partial charge in [0.25, 0.3) is 20.2 Å². The molecule has 180 valence electrons. The number of halogens is 2. The number of amides is 1. The highest BCUT2D eigenvalue weighted by Crippen LogP contribution is 2.28. The van der Waals surface area contributed by atoms with E-state index in [0.717, 1.165) is 4.31 Å². The van der Waals surface area contributed by atoms with Gasteiger partial charge in [-0.1, -0.05) is 23.2 Å². The van der Waals surface area contributed by atoms with Gasteiger partial charge in [0, 0.05) is 43.8 Å². The second-order valence-electron chi connectivity index (χ2n) is 7.71. The maximum absolute atomic E-state index is 12.6. The Morgan fingerprint density at radius 2 is 1.61 bits per heavy atom. The van der Waals surface area contributed by atoms with Crippen molar-refractivity contribution in [2.45, 2.75) is 17.7 Å². The third-order valence-electron chi connectivity index (χ3n) is 5.22. The zero-order valence-electron chi connectivity index (χ0n) is 18.0. The summed E-state index contributed by atoms with van der Waals surface area (Å²) in [5.41, 5.74) is 0.632. The minimum atomic E-state index is -3.90. The number of piperidine rings is 1. The zero-order chi connectivity index (χ0) is 24.4. The molecule has 3 rings (SSSR count). The highest BCUT2D eigenvalue weighted by atomic mass is 35.5. The van der Waals surface area contributed by atoms with Crippen LogP contribution in [0.15, 0.2) is 47.4 Å². The maximum Gasteiger partial charge on any atom is 0.281 e. The number of carbonyl (C=O) groups excluding carboxylic acids is 1. The standard InChI is InChI=1S/C20H24Cl2N4O5S2/c1-25(2)33(30,31)26-11-9-14(10-12-26)20(27)23-16-4-6-17(7-5-16)32(28,29)24-19-8-3-15(21)13-18(19)22/h3-8,13-14,24H,9-12H2,1-2H3,(H,23,27). The van der Waals surface area contributed by atoms with Crippen LogP contribution >= 0.6 is 23.2 Å². The minimum absolute atomic E-state index is 0.00582. The molecule has 0 saturated carbocycles. The molecule has 13 heteroatoms. The first-order valence-electron chi connectivity index (χ1n) is 9.96. The summed E-state index contributed by atoms with van der Waals surface area (Å²) in [5, 5.41) is 3.31. The van der Waals surface area contributed by atoms with Gasteiger partial charge in [0.1, 0.15) is 0 Å².